The molecule has 0 aliphatic heterocycles. The van der Waals surface area contributed by atoms with Crippen LogP contribution >= 0.6 is 46.4 Å². The molecule has 0 bridgehead atoms. The number of rotatable bonds is 7. The van der Waals surface area contributed by atoms with Crippen molar-refractivity contribution in [2.45, 2.75) is 36.7 Å². The van der Waals surface area contributed by atoms with E-state index in [9.17, 15) is 40.3 Å². The standard InChI is InChI=1S/C24H17Cl4F7N2O2/c1-37(10-23(30,31)32)21(39)22(4-5-22)36-20(38)13-3-2-11(6-15(13)25)18(29)9-14(24(33,34)35)12-7-16(26)19(28)17(27)8-12/h2-3,6-9,14H,4-5,10H2,1H3,(H,36,38)/b18-9-. The Morgan fingerprint density at radius 3 is 2.03 bits per heavy atom. The number of benzene rings is 2. The molecule has 3 rings (SSSR count). The van der Waals surface area contributed by atoms with Crippen molar-refractivity contribution in [1.82, 2.24) is 10.2 Å². The number of carbonyl (C=O) groups excluding carboxylic acids is 2. The molecule has 2 amide bonds. The molecule has 15 heteroatoms. The minimum absolute atomic E-state index is 0.0877. The van der Waals surface area contributed by atoms with Crippen LogP contribution in [0.15, 0.2) is 36.4 Å². The summed E-state index contributed by atoms with van der Waals surface area (Å²) in [5.74, 6) is -5.69. The number of nitrogens with one attached hydrogen (secondary N) is 1. The molecule has 1 atom stereocenters. The summed E-state index contributed by atoms with van der Waals surface area (Å²) in [6.45, 7) is -1.52. The predicted molar refractivity (Wildman–Crippen MR) is 134 cm³/mol. The first-order valence-corrected chi connectivity index (χ1v) is 12.4. The highest BCUT2D eigenvalue weighted by Gasteiger charge is 2.53. The molecule has 1 aliphatic rings. The second-order valence-corrected chi connectivity index (χ2v) is 10.4. The van der Waals surface area contributed by atoms with E-state index in [4.69, 9.17) is 46.4 Å². The zero-order valence-electron chi connectivity index (χ0n) is 19.6. The Morgan fingerprint density at radius 2 is 1.56 bits per heavy atom. The highest BCUT2D eigenvalue weighted by atomic mass is 35.5. The number of carbonyl (C=O) groups is 2. The second kappa shape index (κ2) is 11.3. The van der Waals surface area contributed by atoms with E-state index in [0.717, 1.165) is 37.4 Å². The summed E-state index contributed by atoms with van der Waals surface area (Å²) >= 11 is 23.5. The summed E-state index contributed by atoms with van der Waals surface area (Å²) in [7, 11) is 0.944. The lowest BCUT2D eigenvalue weighted by molar-refractivity contribution is -0.160. The summed E-state index contributed by atoms with van der Waals surface area (Å²) in [4.78, 5) is 25.6. The van der Waals surface area contributed by atoms with Crippen molar-refractivity contribution in [3.05, 3.63) is 73.2 Å². The van der Waals surface area contributed by atoms with Crippen LogP contribution in [0.2, 0.25) is 20.1 Å². The Bertz CT molecular complexity index is 1300. The summed E-state index contributed by atoms with van der Waals surface area (Å²) < 4.78 is 94.2. The van der Waals surface area contributed by atoms with Crippen molar-refractivity contribution in [2.75, 3.05) is 13.6 Å². The van der Waals surface area contributed by atoms with Crippen molar-refractivity contribution >= 4 is 64.0 Å². The number of hydrogen-bond acceptors (Lipinski definition) is 2. The lowest BCUT2D eigenvalue weighted by Crippen LogP contribution is -2.51. The largest absolute Gasteiger partial charge is 0.406 e. The number of likely N-dealkylation sites (N-methyl/N-ethyl adjacent to an activating group) is 1. The molecule has 1 N–H and O–H groups in total. The van der Waals surface area contributed by atoms with Gasteiger partial charge in [-0.15, -0.1) is 0 Å². The molecule has 0 radical (unpaired) electrons. The number of allylic oxidation sites excluding steroid dienone is 1. The van der Waals surface area contributed by atoms with Gasteiger partial charge in [-0.05, 0) is 48.7 Å². The average Bonchev–Trinajstić information content (AvgIpc) is 3.58. The van der Waals surface area contributed by atoms with Crippen LogP contribution in [0.4, 0.5) is 30.7 Å². The van der Waals surface area contributed by atoms with Gasteiger partial charge in [-0.25, -0.2) is 4.39 Å². The van der Waals surface area contributed by atoms with Gasteiger partial charge >= 0.3 is 12.4 Å². The monoisotopic (exact) mass is 638 g/mol. The van der Waals surface area contributed by atoms with Crippen molar-refractivity contribution in [1.29, 1.82) is 0 Å². The highest BCUT2D eigenvalue weighted by molar-refractivity contribution is 6.48. The Kier molecular flexibility index (Phi) is 9.11. The van der Waals surface area contributed by atoms with Crippen LogP contribution in [0, 0.1) is 0 Å². The number of hydrogen-bond donors (Lipinski definition) is 1. The molecule has 212 valence electrons. The fourth-order valence-electron chi connectivity index (χ4n) is 3.73. The predicted octanol–water partition coefficient (Wildman–Crippen LogP) is 8.24. The van der Waals surface area contributed by atoms with Gasteiger partial charge in [0.25, 0.3) is 5.91 Å². The fourth-order valence-corrected chi connectivity index (χ4v) is 4.61. The minimum atomic E-state index is -4.95. The maximum Gasteiger partial charge on any atom is 0.406 e. The molecule has 1 saturated carbocycles. The molecular weight excluding hydrogens is 623 g/mol. The van der Waals surface area contributed by atoms with Gasteiger partial charge in [-0.1, -0.05) is 52.5 Å². The highest BCUT2D eigenvalue weighted by Crippen LogP contribution is 2.42. The van der Waals surface area contributed by atoms with Gasteiger partial charge in [0.15, 0.2) is 0 Å². The molecule has 1 aliphatic carbocycles. The SMILES string of the molecule is CN(CC(F)(F)F)C(=O)C1(NC(=O)c2ccc(/C(F)=C/C(c3cc(Cl)c(Cl)c(Cl)c3)C(F)(F)F)cc2Cl)CC1. The summed E-state index contributed by atoms with van der Waals surface area (Å²) in [6.07, 6.45) is -9.14. The van der Waals surface area contributed by atoms with Crippen LogP contribution in [-0.2, 0) is 4.79 Å². The third-order valence-corrected chi connectivity index (χ3v) is 7.31. The van der Waals surface area contributed by atoms with Gasteiger partial charge in [-0.2, -0.15) is 26.3 Å². The molecule has 0 aromatic heterocycles. The van der Waals surface area contributed by atoms with Gasteiger partial charge in [0, 0.05) is 12.6 Å². The quantitative estimate of drug-likeness (QED) is 0.245. The van der Waals surface area contributed by atoms with E-state index in [2.05, 4.69) is 5.32 Å². The van der Waals surface area contributed by atoms with Gasteiger partial charge in [0.05, 0.1) is 25.7 Å². The summed E-state index contributed by atoms with van der Waals surface area (Å²) in [6, 6.07) is 4.70. The first kappa shape index (κ1) is 31.3. The Labute approximate surface area is 237 Å². The smallest absolute Gasteiger partial charge is 0.338 e. The number of alkyl halides is 6. The fraction of sp³-hybridized carbons (Fsp3) is 0.333. The normalized spacial score (nSPS) is 16.1. The lowest BCUT2D eigenvalue weighted by atomic mass is 9.96. The maximum atomic E-state index is 15.0. The molecule has 2 aromatic carbocycles. The summed E-state index contributed by atoms with van der Waals surface area (Å²) in [5, 5.41) is 1.28. The van der Waals surface area contributed by atoms with Crippen molar-refractivity contribution in [3.8, 4) is 0 Å². The Morgan fingerprint density at radius 1 is 1.00 bits per heavy atom. The van der Waals surface area contributed by atoms with E-state index in [1.54, 1.807) is 0 Å². The second-order valence-electron chi connectivity index (χ2n) is 8.84. The van der Waals surface area contributed by atoms with Crippen LogP contribution < -0.4 is 5.32 Å². The van der Waals surface area contributed by atoms with E-state index >= 15 is 0 Å². The number of nitrogens with zero attached hydrogens (tertiary/aromatic N) is 1. The van der Waals surface area contributed by atoms with Crippen molar-refractivity contribution < 1.29 is 40.3 Å². The average molecular weight is 640 g/mol. The third kappa shape index (κ3) is 7.50. The number of amides is 2. The van der Waals surface area contributed by atoms with Crippen LogP contribution in [-0.4, -0.2) is 48.2 Å². The topological polar surface area (TPSA) is 49.4 Å². The van der Waals surface area contributed by atoms with Crippen LogP contribution in [0.25, 0.3) is 5.83 Å². The molecule has 1 unspecified atom stereocenters. The van der Waals surface area contributed by atoms with Crippen molar-refractivity contribution in [2.24, 2.45) is 0 Å². The van der Waals surface area contributed by atoms with E-state index in [1.807, 2.05) is 0 Å². The first-order valence-electron chi connectivity index (χ1n) is 10.9. The number of halogens is 11. The maximum absolute atomic E-state index is 15.0. The van der Waals surface area contributed by atoms with E-state index < -0.39 is 59.1 Å². The van der Waals surface area contributed by atoms with Gasteiger partial charge < -0.3 is 10.2 Å². The zero-order chi connectivity index (χ0) is 29.5. The third-order valence-electron chi connectivity index (χ3n) is 5.80. The minimum Gasteiger partial charge on any atom is -0.338 e. The Hall–Kier alpha value is -2.21. The van der Waals surface area contributed by atoms with Crippen molar-refractivity contribution in [3.63, 3.8) is 0 Å². The van der Waals surface area contributed by atoms with Gasteiger partial charge in [-0.3, -0.25) is 9.59 Å². The molecule has 39 heavy (non-hydrogen) atoms. The van der Waals surface area contributed by atoms with Crippen LogP contribution in [0.1, 0.15) is 40.2 Å². The Balaban J connectivity index is 1.84. The first-order chi connectivity index (χ1) is 17.8. The van der Waals surface area contributed by atoms with E-state index in [1.165, 1.54) is 0 Å². The van der Waals surface area contributed by atoms with Gasteiger partial charge in [0.2, 0.25) is 5.91 Å². The van der Waals surface area contributed by atoms with Crippen LogP contribution in [0.5, 0.6) is 0 Å². The molecule has 2 aromatic rings. The lowest BCUT2D eigenvalue weighted by Gasteiger charge is -2.25. The van der Waals surface area contributed by atoms with E-state index in [0.29, 0.717) is 4.90 Å². The molecular formula is C24H17Cl4F7N2O2. The molecule has 0 saturated heterocycles. The van der Waals surface area contributed by atoms with Gasteiger partial charge in [0.1, 0.15) is 23.8 Å². The zero-order valence-corrected chi connectivity index (χ0v) is 22.6. The summed E-state index contributed by atoms with van der Waals surface area (Å²) in [5.41, 5.74) is -2.70. The molecule has 1 fully saturated rings. The van der Waals surface area contributed by atoms with E-state index in [-0.39, 0.29) is 44.6 Å². The van der Waals surface area contributed by atoms with Crippen LogP contribution in [0.3, 0.4) is 0 Å². The molecule has 0 heterocycles. The molecule has 4 nitrogen and oxygen atoms in total. The molecule has 0 spiro atoms.